The fraction of sp³-hybridized carbons (Fsp3) is 0.478. The van der Waals surface area contributed by atoms with E-state index in [1.807, 2.05) is 26.0 Å². The van der Waals surface area contributed by atoms with Gasteiger partial charge in [-0.2, -0.15) is 3.89 Å². The zero-order valence-corrected chi connectivity index (χ0v) is 18.5. The van der Waals surface area contributed by atoms with Gasteiger partial charge in [-0.1, -0.05) is 38.1 Å². The average molecular weight is 430 g/mol. The Labute approximate surface area is 181 Å². The number of nitrogens with one attached hydrogen (secondary N) is 1. The molecule has 5 nitrogen and oxygen atoms in total. The van der Waals surface area contributed by atoms with Crippen LogP contribution in [0.4, 0.5) is 9.57 Å². The number of carbonyl (C=O) groups excluding carboxylic acids is 1. The van der Waals surface area contributed by atoms with Crippen molar-refractivity contribution in [2.45, 2.75) is 45.0 Å². The van der Waals surface area contributed by atoms with Crippen LogP contribution in [0.25, 0.3) is 0 Å². The topological polar surface area (TPSA) is 54.5 Å². The molecule has 2 aliphatic rings. The molecule has 4 rings (SSSR count). The molecule has 7 heteroatoms. The number of anilines is 1. The van der Waals surface area contributed by atoms with Gasteiger partial charge in [-0.25, -0.2) is 4.98 Å². The summed E-state index contributed by atoms with van der Waals surface area (Å²) in [5.41, 5.74) is 3.76. The van der Waals surface area contributed by atoms with Crippen LogP contribution in [0.15, 0.2) is 36.4 Å². The SMILES string of the molecule is Cc1cc(N2CC(SF)C2)cc(OCc2ccc(C(C)[C@]3(C)CCNC3=O)cc2)n1. The molecule has 1 aromatic heterocycles. The monoisotopic (exact) mass is 429 g/mol. The van der Waals surface area contributed by atoms with Crippen LogP contribution >= 0.6 is 12.1 Å². The number of halogens is 1. The van der Waals surface area contributed by atoms with Gasteiger partial charge >= 0.3 is 0 Å². The maximum Gasteiger partial charge on any atom is 0.226 e. The zero-order valence-electron chi connectivity index (χ0n) is 17.7. The molecule has 2 aliphatic heterocycles. The standard InChI is InChI=1S/C23H28FN3O2S/c1-15-10-19(27-12-20(13-27)30-24)11-21(26-15)29-14-17-4-6-18(7-5-17)16(2)23(3)8-9-25-22(23)28/h4-7,10-11,16,20H,8-9,12-14H2,1-3H3,(H,25,28)/t16?,23-/m0/s1. The number of hydrogen-bond acceptors (Lipinski definition) is 5. The molecule has 0 saturated carbocycles. The number of ether oxygens (including phenoxy) is 1. The van der Waals surface area contributed by atoms with Gasteiger partial charge in [0, 0.05) is 37.1 Å². The van der Waals surface area contributed by atoms with Crippen molar-refractivity contribution in [2.75, 3.05) is 24.5 Å². The lowest BCUT2D eigenvalue weighted by Crippen LogP contribution is -2.48. The van der Waals surface area contributed by atoms with E-state index in [4.69, 9.17) is 4.74 Å². The summed E-state index contributed by atoms with van der Waals surface area (Å²) < 4.78 is 18.6. The van der Waals surface area contributed by atoms with Crippen LogP contribution in [0.5, 0.6) is 5.88 Å². The number of hydrogen-bond donors (Lipinski definition) is 1. The highest BCUT2D eigenvalue weighted by Gasteiger charge is 2.42. The molecule has 3 heterocycles. The number of benzene rings is 1. The largest absolute Gasteiger partial charge is 0.473 e. The second-order valence-electron chi connectivity index (χ2n) is 8.60. The molecule has 30 heavy (non-hydrogen) atoms. The van der Waals surface area contributed by atoms with E-state index in [2.05, 4.69) is 46.4 Å². The predicted molar refractivity (Wildman–Crippen MR) is 119 cm³/mol. The molecule has 1 N–H and O–H groups in total. The smallest absolute Gasteiger partial charge is 0.226 e. The Hall–Kier alpha value is -2.28. The van der Waals surface area contributed by atoms with Crippen LogP contribution in [-0.4, -0.2) is 35.8 Å². The van der Waals surface area contributed by atoms with E-state index < -0.39 is 0 Å². The molecule has 0 radical (unpaired) electrons. The van der Waals surface area contributed by atoms with E-state index in [0.29, 0.717) is 37.7 Å². The van der Waals surface area contributed by atoms with Gasteiger partial charge in [0.05, 0.1) is 22.8 Å². The van der Waals surface area contributed by atoms with Crippen molar-refractivity contribution in [3.63, 3.8) is 0 Å². The first kappa shape index (κ1) is 21.0. The van der Waals surface area contributed by atoms with Crippen molar-refractivity contribution in [1.29, 1.82) is 0 Å². The van der Waals surface area contributed by atoms with Gasteiger partial charge in [0.15, 0.2) is 0 Å². The highest BCUT2D eigenvalue weighted by atomic mass is 32.2. The number of nitrogens with zero attached hydrogens (tertiary/aromatic N) is 2. The molecule has 1 amide bonds. The Bertz CT molecular complexity index is 917. The number of aryl methyl sites for hydroxylation is 1. The molecule has 1 aromatic carbocycles. The highest BCUT2D eigenvalue weighted by molar-refractivity contribution is 7.95. The van der Waals surface area contributed by atoms with Gasteiger partial charge in [0.1, 0.15) is 6.61 Å². The summed E-state index contributed by atoms with van der Waals surface area (Å²) in [6, 6.07) is 12.2. The van der Waals surface area contributed by atoms with Gasteiger partial charge < -0.3 is 15.0 Å². The summed E-state index contributed by atoms with van der Waals surface area (Å²) in [7, 11) is 0. The van der Waals surface area contributed by atoms with Gasteiger partial charge in [-0.05, 0) is 36.5 Å². The van der Waals surface area contributed by atoms with Crippen LogP contribution < -0.4 is 15.0 Å². The van der Waals surface area contributed by atoms with Crippen LogP contribution in [0.1, 0.15) is 43.0 Å². The first-order chi connectivity index (χ1) is 14.4. The molecule has 1 unspecified atom stereocenters. The Morgan fingerprint density at radius 3 is 2.70 bits per heavy atom. The molecule has 160 valence electrons. The lowest BCUT2D eigenvalue weighted by Gasteiger charge is -2.38. The van der Waals surface area contributed by atoms with Crippen molar-refractivity contribution in [2.24, 2.45) is 5.41 Å². The minimum atomic E-state index is -0.351. The fourth-order valence-electron chi connectivity index (χ4n) is 4.17. The molecule has 0 aliphatic carbocycles. The van der Waals surface area contributed by atoms with Crippen molar-refractivity contribution in [1.82, 2.24) is 10.3 Å². The number of carbonyl (C=O) groups is 1. The molecule has 0 bridgehead atoms. The third-order valence-corrected chi connectivity index (χ3v) is 7.07. The van der Waals surface area contributed by atoms with E-state index in [-0.39, 0.29) is 22.5 Å². The summed E-state index contributed by atoms with van der Waals surface area (Å²) in [4.78, 5) is 18.8. The zero-order chi connectivity index (χ0) is 21.3. The van der Waals surface area contributed by atoms with Crippen LogP contribution in [-0.2, 0) is 11.4 Å². The molecule has 2 aromatic rings. The highest BCUT2D eigenvalue weighted by Crippen LogP contribution is 2.41. The van der Waals surface area contributed by atoms with E-state index in [0.717, 1.165) is 35.5 Å². The number of aromatic nitrogens is 1. The van der Waals surface area contributed by atoms with Gasteiger partial charge in [-0.15, -0.1) is 0 Å². The van der Waals surface area contributed by atoms with E-state index in [1.165, 1.54) is 0 Å². The second kappa shape index (κ2) is 8.46. The average Bonchev–Trinajstić information content (AvgIpc) is 3.05. The Morgan fingerprint density at radius 2 is 2.07 bits per heavy atom. The van der Waals surface area contributed by atoms with E-state index in [1.54, 1.807) is 0 Å². The van der Waals surface area contributed by atoms with Crippen LogP contribution in [0.3, 0.4) is 0 Å². The van der Waals surface area contributed by atoms with Gasteiger partial charge in [0.2, 0.25) is 11.8 Å². The normalized spacial score (nSPS) is 22.5. The second-order valence-corrected chi connectivity index (χ2v) is 9.44. The first-order valence-electron chi connectivity index (χ1n) is 10.4. The summed E-state index contributed by atoms with van der Waals surface area (Å²) in [6.45, 7) is 8.70. The first-order valence-corrected chi connectivity index (χ1v) is 11.2. The number of pyridine rings is 1. The molecule has 2 fully saturated rings. The Kier molecular flexibility index (Phi) is 5.91. The van der Waals surface area contributed by atoms with Crippen molar-refractivity contribution in [3.05, 3.63) is 53.2 Å². The molecular formula is C23H28FN3O2S. The minimum Gasteiger partial charge on any atom is -0.473 e. The van der Waals surface area contributed by atoms with Crippen molar-refractivity contribution < 1.29 is 13.4 Å². The maximum atomic E-state index is 12.6. The fourth-order valence-corrected chi connectivity index (χ4v) is 4.65. The van der Waals surface area contributed by atoms with Crippen molar-refractivity contribution >= 4 is 23.7 Å². The molecular weight excluding hydrogens is 401 g/mol. The lowest BCUT2D eigenvalue weighted by molar-refractivity contribution is -0.127. The van der Waals surface area contributed by atoms with E-state index in [9.17, 15) is 8.68 Å². The molecule has 2 saturated heterocycles. The summed E-state index contributed by atoms with van der Waals surface area (Å²) >= 11 is 0.426. The minimum absolute atomic E-state index is 0.0568. The summed E-state index contributed by atoms with van der Waals surface area (Å²) in [5.74, 6) is 0.870. The number of amides is 1. The Morgan fingerprint density at radius 1 is 1.33 bits per heavy atom. The van der Waals surface area contributed by atoms with Crippen molar-refractivity contribution in [3.8, 4) is 5.88 Å². The quantitative estimate of drug-likeness (QED) is 0.707. The summed E-state index contributed by atoms with van der Waals surface area (Å²) in [6.07, 6.45) is 0.862. The lowest BCUT2D eigenvalue weighted by atomic mass is 9.73. The number of rotatable bonds is 7. The Balaban J connectivity index is 1.39. The maximum absolute atomic E-state index is 12.6. The van der Waals surface area contributed by atoms with Crippen LogP contribution in [0.2, 0.25) is 0 Å². The molecule has 2 atom stereocenters. The molecule has 0 spiro atoms. The summed E-state index contributed by atoms with van der Waals surface area (Å²) in [5, 5.41) is 3.01. The van der Waals surface area contributed by atoms with Gasteiger partial charge in [0.25, 0.3) is 0 Å². The van der Waals surface area contributed by atoms with E-state index >= 15 is 0 Å². The third kappa shape index (κ3) is 4.13. The van der Waals surface area contributed by atoms with Gasteiger partial charge in [-0.3, -0.25) is 4.79 Å². The predicted octanol–water partition coefficient (Wildman–Crippen LogP) is 4.41. The van der Waals surface area contributed by atoms with Crippen LogP contribution in [0, 0.1) is 12.3 Å². The third-order valence-electron chi connectivity index (χ3n) is 6.52.